The first kappa shape index (κ1) is 18.0. The summed E-state index contributed by atoms with van der Waals surface area (Å²) in [5.74, 6) is 0.157. The standard InChI is InChI=1S/C17H23N7O2/c1-11(25)24-9-14(5-6-15(18)10-24)17(26)19-8-12-3-2-4-13(7-12)16-20-22-23-21-16/h2-4,7,14-15H,5-6,8-10,18H2,1H3,(H,19,26)(H,20,21,22,23)/t14-,15+/m1/s1. The third kappa shape index (κ3) is 4.42. The zero-order valence-electron chi connectivity index (χ0n) is 14.7. The van der Waals surface area contributed by atoms with Gasteiger partial charge in [0.25, 0.3) is 0 Å². The Balaban J connectivity index is 1.61. The van der Waals surface area contributed by atoms with Gasteiger partial charge in [0.15, 0.2) is 0 Å². The number of benzene rings is 1. The van der Waals surface area contributed by atoms with E-state index in [4.69, 9.17) is 5.73 Å². The van der Waals surface area contributed by atoms with E-state index in [1.54, 1.807) is 4.90 Å². The molecule has 0 saturated carbocycles. The van der Waals surface area contributed by atoms with Gasteiger partial charge in [0.05, 0.1) is 5.92 Å². The molecule has 1 fully saturated rings. The Kier molecular flexibility index (Phi) is 5.57. The predicted molar refractivity (Wildman–Crippen MR) is 94.4 cm³/mol. The van der Waals surface area contributed by atoms with Crippen molar-refractivity contribution < 1.29 is 9.59 Å². The Morgan fingerprint density at radius 3 is 2.92 bits per heavy atom. The molecule has 0 spiro atoms. The number of nitrogens with one attached hydrogen (secondary N) is 2. The summed E-state index contributed by atoms with van der Waals surface area (Å²) < 4.78 is 0. The van der Waals surface area contributed by atoms with E-state index in [9.17, 15) is 9.59 Å². The molecular formula is C17H23N7O2. The van der Waals surface area contributed by atoms with Gasteiger partial charge in [0.1, 0.15) is 0 Å². The Morgan fingerprint density at radius 1 is 1.35 bits per heavy atom. The van der Waals surface area contributed by atoms with Crippen LogP contribution in [0, 0.1) is 5.92 Å². The number of rotatable bonds is 4. The number of hydrogen-bond acceptors (Lipinski definition) is 6. The van der Waals surface area contributed by atoms with Crippen molar-refractivity contribution >= 4 is 11.8 Å². The third-order valence-electron chi connectivity index (χ3n) is 4.59. The second-order valence-corrected chi connectivity index (χ2v) is 6.61. The van der Waals surface area contributed by atoms with Crippen molar-refractivity contribution in [1.82, 2.24) is 30.8 Å². The maximum absolute atomic E-state index is 12.6. The van der Waals surface area contributed by atoms with E-state index in [0.29, 0.717) is 31.9 Å². The number of H-pyrrole nitrogens is 1. The van der Waals surface area contributed by atoms with Crippen LogP contribution >= 0.6 is 0 Å². The monoisotopic (exact) mass is 357 g/mol. The number of aromatic amines is 1. The minimum Gasteiger partial charge on any atom is -0.352 e. The van der Waals surface area contributed by atoms with Crippen molar-refractivity contribution in [1.29, 1.82) is 0 Å². The van der Waals surface area contributed by atoms with Crippen LogP contribution in [0.4, 0.5) is 0 Å². The quantitative estimate of drug-likeness (QED) is 0.710. The number of likely N-dealkylation sites (tertiary alicyclic amines) is 1. The molecule has 1 saturated heterocycles. The van der Waals surface area contributed by atoms with E-state index in [-0.39, 0.29) is 23.8 Å². The summed E-state index contributed by atoms with van der Waals surface area (Å²) in [6.07, 6.45) is 1.41. The van der Waals surface area contributed by atoms with Crippen LogP contribution in [0.3, 0.4) is 0 Å². The van der Waals surface area contributed by atoms with Gasteiger partial charge in [-0.25, -0.2) is 0 Å². The maximum atomic E-state index is 12.6. The molecule has 1 aliphatic rings. The largest absolute Gasteiger partial charge is 0.352 e. The molecule has 3 rings (SSSR count). The fourth-order valence-corrected chi connectivity index (χ4v) is 3.13. The molecule has 4 N–H and O–H groups in total. The van der Waals surface area contributed by atoms with Gasteiger partial charge in [-0.2, -0.15) is 5.21 Å². The Morgan fingerprint density at radius 2 is 2.19 bits per heavy atom. The normalized spacial score (nSPS) is 20.5. The fraction of sp³-hybridized carbons (Fsp3) is 0.471. The molecule has 1 aromatic heterocycles. The van der Waals surface area contributed by atoms with Crippen molar-refractivity contribution in [3.63, 3.8) is 0 Å². The zero-order valence-corrected chi connectivity index (χ0v) is 14.7. The first-order valence-corrected chi connectivity index (χ1v) is 8.64. The number of nitrogens with zero attached hydrogens (tertiary/aromatic N) is 4. The number of hydrogen-bond donors (Lipinski definition) is 3. The third-order valence-corrected chi connectivity index (χ3v) is 4.59. The maximum Gasteiger partial charge on any atom is 0.225 e. The number of carbonyl (C=O) groups is 2. The predicted octanol–water partition coefficient (Wildman–Crippen LogP) is 0.0687. The van der Waals surface area contributed by atoms with Gasteiger partial charge in [-0.05, 0) is 29.7 Å². The number of aromatic nitrogens is 4. The summed E-state index contributed by atoms with van der Waals surface area (Å²) in [5.41, 5.74) is 7.78. The van der Waals surface area contributed by atoms with E-state index in [0.717, 1.165) is 17.5 Å². The fourth-order valence-electron chi connectivity index (χ4n) is 3.13. The summed E-state index contributed by atoms with van der Waals surface area (Å²) >= 11 is 0. The minimum absolute atomic E-state index is 0.0482. The van der Waals surface area contributed by atoms with Crippen molar-refractivity contribution in [2.45, 2.75) is 32.4 Å². The molecule has 0 unspecified atom stereocenters. The van der Waals surface area contributed by atoms with Gasteiger partial charge in [0, 0.05) is 38.2 Å². The van der Waals surface area contributed by atoms with Crippen LogP contribution in [-0.4, -0.2) is 56.5 Å². The van der Waals surface area contributed by atoms with E-state index < -0.39 is 0 Å². The average molecular weight is 357 g/mol. The number of amides is 2. The minimum atomic E-state index is -0.243. The van der Waals surface area contributed by atoms with Crippen LogP contribution in [0.5, 0.6) is 0 Å². The van der Waals surface area contributed by atoms with Gasteiger partial charge in [-0.1, -0.05) is 18.2 Å². The van der Waals surface area contributed by atoms with Gasteiger partial charge in [-0.3, -0.25) is 9.59 Å². The van der Waals surface area contributed by atoms with E-state index >= 15 is 0 Å². The first-order valence-electron chi connectivity index (χ1n) is 8.64. The number of nitrogens with two attached hydrogens (primary N) is 1. The second-order valence-electron chi connectivity index (χ2n) is 6.61. The second kappa shape index (κ2) is 8.05. The lowest BCUT2D eigenvalue weighted by Gasteiger charge is -2.23. The number of carbonyl (C=O) groups excluding carboxylic acids is 2. The molecule has 9 heteroatoms. The molecule has 2 amide bonds. The average Bonchev–Trinajstić information content (AvgIpc) is 3.09. The summed E-state index contributed by atoms with van der Waals surface area (Å²) in [6.45, 7) is 2.83. The van der Waals surface area contributed by atoms with Crippen molar-refractivity contribution in [2.24, 2.45) is 11.7 Å². The van der Waals surface area contributed by atoms with Crippen LogP contribution in [0.15, 0.2) is 24.3 Å². The first-order chi connectivity index (χ1) is 12.5. The van der Waals surface area contributed by atoms with E-state index in [2.05, 4.69) is 25.9 Å². The Labute approximate surface area is 151 Å². The van der Waals surface area contributed by atoms with Crippen LogP contribution in [0.1, 0.15) is 25.3 Å². The molecular weight excluding hydrogens is 334 g/mol. The lowest BCUT2D eigenvalue weighted by atomic mass is 10.0. The molecule has 1 aliphatic heterocycles. The SMILES string of the molecule is CC(=O)N1C[C@@H](N)CC[C@@H](C(=O)NCc2cccc(-c3nn[nH]n3)c2)C1. The highest BCUT2D eigenvalue weighted by atomic mass is 16.2. The Hall–Kier alpha value is -2.81. The molecule has 9 nitrogen and oxygen atoms in total. The molecule has 138 valence electrons. The Bertz CT molecular complexity index is 762. The summed E-state index contributed by atoms with van der Waals surface area (Å²) in [6, 6.07) is 7.52. The summed E-state index contributed by atoms with van der Waals surface area (Å²) in [5, 5.41) is 16.8. The molecule has 0 bridgehead atoms. The lowest BCUT2D eigenvalue weighted by molar-refractivity contribution is -0.131. The smallest absolute Gasteiger partial charge is 0.225 e. The molecule has 26 heavy (non-hydrogen) atoms. The van der Waals surface area contributed by atoms with Gasteiger partial charge >= 0.3 is 0 Å². The zero-order chi connectivity index (χ0) is 18.5. The van der Waals surface area contributed by atoms with Crippen LogP contribution in [0.25, 0.3) is 11.4 Å². The highest BCUT2D eigenvalue weighted by Gasteiger charge is 2.28. The van der Waals surface area contributed by atoms with Gasteiger partial charge in [0.2, 0.25) is 17.6 Å². The summed E-state index contributed by atoms with van der Waals surface area (Å²) in [7, 11) is 0. The number of tetrazole rings is 1. The van der Waals surface area contributed by atoms with E-state index in [1.165, 1.54) is 6.92 Å². The molecule has 2 aromatic rings. The lowest BCUT2D eigenvalue weighted by Crippen LogP contribution is -2.42. The summed E-state index contributed by atoms with van der Waals surface area (Å²) in [4.78, 5) is 26.0. The van der Waals surface area contributed by atoms with Gasteiger partial charge in [-0.15, -0.1) is 10.2 Å². The van der Waals surface area contributed by atoms with E-state index in [1.807, 2.05) is 24.3 Å². The highest BCUT2D eigenvalue weighted by molar-refractivity contribution is 5.80. The molecule has 0 radical (unpaired) electrons. The molecule has 2 heterocycles. The van der Waals surface area contributed by atoms with Crippen molar-refractivity contribution in [3.05, 3.63) is 29.8 Å². The van der Waals surface area contributed by atoms with Crippen LogP contribution in [-0.2, 0) is 16.1 Å². The van der Waals surface area contributed by atoms with Crippen LogP contribution in [0.2, 0.25) is 0 Å². The van der Waals surface area contributed by atoms with Crippen LogP contribution < -0.4 is 11.1 Å². The van der Waals surface area contributed by atoms with Crippen molar-refractivity contribution in [2.75, 3.05) is 13.1 Å². The molecule has 1 aromatic carbocycles. The van der Waals surface area contributed by atoms with Gasteiger partial charge < -0.3 is 16.0 Å². The molecule has 2 atom stereocenters. The highest BCUT2D eigenvalue weighted by Crippen LogP contribution is 2.18. The molecule has 0 aliphatic carbocycles. The topological polar surface area (TPSA) is 130 Å². The van der Waals surface area contributed by atoms with Crippen molar-refractivity contribution in [3.8, 4) is 11.4 Å².